The standard InChI is InChI=1S/C18H21N/c1-14-5-7-15(8-6-14)12-19-13-16-3-2-4-18(11-16)17-9-10-17/h2-8,11,17,19H,9-10,12-13H2,1H3. The molecule has 0 unspecified atom stereocenters. The van der Waals surface area contributed by atoms with E-state index in [2.05, 4.69) is 60.8 Å². The Kier molecular flexibility index (Phi) is 3.65. The predicted molar refractivity (Wildman–Crippen MR) is 80.1 cm³/mol. The number of rotatable bonds is 5. The normalized spacial score (nSPS) is 14.6. The van der Waals surface area contributed by atoms with Gasteiger partial charge in [-0.15, -0.1) is 0 Å². The molecule has 1 heteroatoms. The zero-order valence-electron chi connectivity index (χ0n) is 11.5. The SMILES string of the molecule is Cc1ccc(CNCc2cccc(C3CC3)c2)cc1. The van der Waals surface area contributed by atoms with Crippen molar-refractivity contribution in [2.75, 3.05) is 0 Å². The molecule has 98 valence electrons. The van der Waals surface area contributed by atoms with Crippen molar-refractivity contribution in [2.45, 2.75) is 38.8 Å². The number of benzene rings is 2. The summed E-state index contributed by atoms with van der Waals surface area (Å²) >= 11 is 0. The molecule has 0 spiro atoms. The van der Waals surface area contributed by atoms with Crippen LogP contribution in [0.25, 0.3) is 0 Å². The van der Waals surface area contributed by atoms with Crippen molar-refractivity contribution in [1.82, 2.24) is 5.32 Å². The number of nitrogens with one attached hydrogen (secondary N) is 1. The molecule has 2 aromatic carbocycles. The van der Waals surface area contributed by atoms with Crippen molar-refractivity contribution in [3.63, 3.8) is 0 Å². The molecule has 0 aliphatic heterocycles. The lowest BCUT2D eigenvalue weighted by molar-refractivity contribution is 0.692. The van der Waals surface area contributed by atoms with E-state index < -0.39 is 0 Å². The second-order valence-electron chi connectivity index (χ2n) is 5.61. The largest absolute Gasteiger partial charge is 0.309 e. The van der Waals surface area contributed by atoms with Crippen molar-refractivity contribution >= 4 is 0 Å². The second-order valence-corrected chi connectivity index (χ2v) is 5.61. The highest BCUT2D eigenvalue weighted by molar-refractivity contribution is 5.29. The summed E-state index contributed by atoms with van der Waals surface area (Å²) in [5.41, 5.74) is 5.59. The molecule has 1 saturated carbocycles. The van der Waals surface area contributed by atoms with E-state index >= 15 is 0 Å². The summed E-state index contributed by atoms with van der Waals surface area (Å²) in [5.74, 6) is 0.844. The van der Waals surface area contributed by atoms with E-state index in [-0.39, 0.29) is 0 Å². The fourth-order valence-corrected chi connectivity index (χ4v) is 2.43. The lowest BCUT2D eigenvalue weighted by Gasteiger charge is -2.07. The highest BCUT2D eigenvalue weighted by atomic mass is 14.8. The highest BCUT2D eigenvalue weighted by Gasteiger charge is 2.23. The van der Waals surface area contributed by atoms with Gasteiger partial charge in [0.05, 0.1) is 0 Å². The van der Waals surface area contributed by atoms with E-state index in [1.165, 1.54) is 35.1 Å². The molecular formula is C18H21N. The molecule has 0 heterocycles. The van der Waals surface area contributed by atoms with Crippen LogP contribution in [0.2, 0.25) is 0 Å². The smallest absolute Gasteiger partial charge is 0.0208 e. The Morgan fingerprint density at radius 1 is 0.947 bits per heavy atom. The van der Waals surface area contributed by atoms with Crippen LogP contribution in [-0.2, 0) is 13.1 Å². The van der Waals surface area contributed by atoms with Crippen LogP contribution >= 0.6 is 0 Å². The summed E-state index contributed by atoms with van der Waals surface area (Å²) in [5, 5.41) is 3.52. The predicted octanol–water partition coefficient (Wildman–Crippen LogP) is 4.16. The average Bonchev–Trinajstić information content (AvgIpc) is 3.26. The summed E-state index contributed by atoms with van der Waals surface area (Å²) in [4.78, 5) is 0. The number of aryl methyl sites for hydroxylation is 1. The van der Waals surface area contributed by atoms with Crippen molar-refractivity contribution in [3.8, 4) is 0 Å². The highest BCUT2D eigenvalue weighted by Crippen LogP contribution is 2.40. The summed E-state index contributed by atoms with van der Waals surface area (Å²) in [6.07, 6.45) is 2.75. The topological polar surface area (TPSA) is 12.0 Å². The Bertz CT molecular complexity index is 538. The maximum atomic E-state index is 3.52. The van der Waals surface area contributed by atoms with Gasteiger partial charge in [0.25, 0.3) is 0 Å². The van der Waals surface area contributed by atoms with Crippen LogP contribution in [0.3, 0.4) is 0 Å². The second kappa shape index (κ2) is 5.58. The Labute approximate surface area is 115 Å². The van der Waals surface area contributed by atoms with Crippen LogP contribution in [0.4, 0.5) is 0 Å². The lowest BCUT2D eigenvalue weighted by Crippen LogP contribution is -2.12. The first kappa shape index (κ1) is 12.4. The summed E-state index contributed by atoms with van der Waals surface area (Å²) in [7, 11) is 0. The Morgan fingerprint density at radius 2 is 1.68 bits per heavy atom. The summed E-state index contributed by atoms with van der Waals surface area (Å²) < 4.78 is 0. The first-order valence-electron chi connectivity index (χ1n) is 7.16. The molecule has 3 rings (SSSR count). The number of hydrogen-bond donors (Lipinski definition) is 1. The molecule has 0 bridgehead atoms. The molecule has 0 saturated heterocycles. The molecule has 0 atom stereocenters. The van der Waals surface area contributed by atoms with E-state index in [9.17, 15) is 0 Å². The molecule has 1 nitrogen and oxygen atoms in total. The van der Waals surface area contributed by atoms with E-state index in [4.69, 9.17) is 0 Å². The fraction of sp³-hybridized carbons (Fsp3) is 0.333. The van der Waals surface area contributed by atoms with E-state index in [1.807, 2.05) is 0 Å². The van der Waals surface area contributed by atoms with Crippen molar-refractivity contribution < 1.29 is 0 Å². The van der Waals surface area contributed by atoms with Gasteiger partial charge >= 0.3 is 0 Å². The average molecular weight is 251 g/mol. The van der Waals surface area contributed by atoms with E-state index in [0.717, 1.165) is 19.0 Å². The van der Waals surface area contributed by atoms with Crippen LogP contribution in [0.1, 0.15) is 41.0 Å². The van der Waals surface area contributed by atoms with Crippen LogP contribution in [0.5, 0.6) is 0 Å². The zero-order valence-corrected chi connectivity index (χ0v) is 11.5. The third kappa shape index (κ3) is 3.45. The fourth-order valence-electron chi connectivity index (χ4n) is 2.43. The van der Waals surface area contributed by atoms with Gasteiger partial charge in [0.15, 0.2) is 0 Å². The Hall–Kier alpha value is -1.60. The quantitative estimate of drug-likeness (QED) is 0.841. The zero-order chi connectivity index (χ0) is 13.1. The van der Waals surface area contributed by atoms with E-state index in [1.54, 1.807) is 0 Å². The monoisotopic (exact) mass is 251 g/mol. The molecule has 0 radical (unpaired) electrons. The summed E-state index contributed by atoms with van der Waals surface area (Å²) in [6, 6.07) is 17.8. The van der Waals surface area contributed by atoms with Gasteiger partial charge in [-0.25, -0.2) is 0 Å². The van der Waals surface area contributed by atoms with Gasteiger partial charge in [0.2, 0.25) is 0 Å². The van der Waals surface area contributed by atoms with Crippen LogP contribution in [-0.4, -0.2) is 0 Å². The molecule has 0 aromatic heterocycles. The molecule has 2 aromatic rings. The Morgan fingerprint density at radius 3 is 2.42 bits per heavy atom. The van der Waals surface area contributed by atoms with Crippen molar-refractivity contribution in [1.29, 1.82) is 0 Å². The molecular weight excluding hydrogens is 230 g/mol. The van der Waals surface area contributed by atoms with Gasteiger partial charge in [-0.1, -0.05) is 54.1 Å². The van der Waals surface area contributed by atoms with Crippen molar-refractivity contribution in [3.05, 3.63) is 70.8 Å². The van der Waals surface area contributed by atoms with Gasteiger partial charge in [0, 0.05) is 13.1 Å². The van der Waals surface area contributed by atoms with Gasteiger partial charge in [-0.05, 0) is 42.4 Å². The minimum Gasteiger partial charge on any atom is -0.309 e. The lowest BCUT2D eigenvalue weighted by atomic mass is 10.1. The van der Waals surface area contributed by atoms with Crippen LogP contribution in [0, 0.1) is 6.92 Å². The van der Waals surface area contributed by atoms with Crippen molar-refractivity contribution in [2.24, 2.45) is 0 Å². The van der Waals surface area contributed by atoms with E-state index in [0.29, 0.717) is 0 Å². The Balaban J connectivity index is 1.54. The first-order chi connectivity index (χ1) is 9.31. The van der Waals surface area contributed by atoms with Crippen LogP contribution in [0.15, 0.2) is 48.5 Å². The van der Waals surface area contributed by atoms with Gasteiger partial charge in [0.1, 0.15) is 0 Å². The molecule has 0 amide bonds. The minimum absolute atomic E-state index is 0.844. The summed E-state index contributed by atoms with van der Waals surface area (Å²) in [6.45, 7) is 4.02. The maximum absolute atomic E-state index is 3.52. The molecule has 19 heavy (non-hydrogen) atoms. The molecule has 1 N–H and O–H groups in total. The van der Waals surface area contributed by atoms with Gasteiger partial charge in [-0.3, -0.25) is 0 Å². The van der Waals surface area contributed by atoms with Crippen LogP contribution < -0.4 is 5.32 Å². The van der Waals surface area contributed by atoms with Gasteiger partial charge in [-0.2, -0.15) is 0 Å². The first-order valence-corrected chi connectivity index (χ1v) is 7.16. The molecule has 1 aliphatic carbocycles. The third-order valence-corrected chi connectivity index (χ3v) is 3.78. The number of hydrogen-bond acceptors (Lipinski definition) is 1. The third-order valence-electron chi connectivity index (χ3n) is 3.78. The molecule has 1 fully saturated rings. The minimum atomic E-state index is 0.844. The van der Waals surface area contributed by atoms with Gasteiger partial charge < -0.3 is 5.32 Å². The molecule has 1 aliphatic rings. The maximum Gasteiger partial charge on any atom is 0.0208 e.